The van der Waals surface area contributed by atoms with E-state index in [4.69, 9.17) is 9.47 Å². The number of rotatable bonds is 3. The Kier molecular flexibility index (Phi) is 4.71. The second kappa shape index (κ2) is 6.36. The molecule has 0 fully saturated rings. The molecule has 0 amide bonds. The number of esters is 2. The van der Waals surface area contributed by atoms with Crippen molar-refractivity contribution in [3.8, 4) is 0 Å². The zero-order valence-electron chi connectivity index (χ0n) is 13.1. The Morgan fingerprint density at radius 2 is 1.95 bits per heavy atom. The number of carbonyl (C=O) groups is 2. The molecule has 22 heavy (non-hydrogen) atoms. The monoisotopic (exact) mass is 321 g/mol. The first-order valence-electron chi connectivity index (χ1n) is 6.79. The first-order chi connectivity index (χ1) is 10.4. The molecule has 0 spiro atoms. The van der Waals surface area contributed by atoms with Crippen LogP contribution < -0.4 is 5.32 Å². The number of carbonyl (C=O) groups excluding carboxylic acids is 2. The van der Waals surface area contributed by atoms with Crippen LogP contribution in [-0.2, 0) is 19.1 Å². The van der Waals surface area contributed by atoms with E-state index in [0.717, 1.165) is 10.4 Å². The van der Waals surface area contributed by atoms with E-state index < -0.39 is 23.8 Å². The van der Waals surface area contributed by atoms with Crippen LogP contribution in [0.25, 0.3) is 0 Å². The molecule has 0 aromatic carbocycles. The van der Waals surface area contributed by atoms with E-state index in [0.29, 0.717) is 17.0 Å². The SMILES string of the molecule is C=C1NC(C)=C(C(=O)OC)C(c2sccc2C)C1C(=O)OC. The van der Waals surface area contributed by atoms with Gasteiger partial charge in [0.15, 0.2) is 0 Å². The molecule has 118 valence electrons. The Labute approximate surface area is 133 Å². The summed E-state index contributed by atoms with van der Waals surface area (Å²) in [4.78, 5) is 25.5. The lowest BCUT2D eigenvalue weighted by atomic mass is 9.78. The molecule has 1 aromatic rings. The van der Waals surface area contributed by atoms with Crippen LogP contribution >= 0.6 is 11.3 Å². The van der Waals surface area contributed by atoms with Crippen LogP contribution in [0, 0.1) is 12.8 Å². The lowest BCUT2D eigenvalue weighted by molar-refractivity contribution is -0.145. The van der Waals surface area contributed by atoms with Crippen molar-refractivity contribution in [2.45, 2.75) is 19.8 Å². The normalized spacial score (nSPS) is 21.4. The molecular weight excluding hydrogens is 302 g/mol. The Morgan fingerprint density at radius 1 is 1.27 bits per heavy atom. The van der Waals surface area contributed by atoms with Crippen LogP contribution in [0.2, 0.25) is 0 Å². The lowest BCUT2D eigenvalue weighted by Crippen LogP contribution is -2.39. The van der Waals surface area contributed by atoms with Crippen LogP contribution in [0.3, 0.4) is 0 Å². The van der Waals surface area contributed by atoms with Crippen molar-refractivity contribution in [1.82, 2.24) is 5.32 Å². The molecule has 0 radical (unpaired) electrons. The molecule has 0 aliphatic carbocycles. The molecular formula is C16H19NO4S. The van der Waals surface area contributed by atoms with E-state index in [2.05, 4.69) is 11.9 Å². The van der Waals surface area contributed by atoms with Gasteiger partial charge in [-0.3, -0.25) is 4.79 Å². The molecule has 2 rings (SSSR count). The minimum atomic E-state index is -0.667. The van der Waals surface area contributed by atoms with Gasteiger partial charge in [-0.2, -0.15) is 0 Å². The fourth-order valence-corrected chi connectivity index (χ4v) is 3.84. The summed E-state index contributed by atoms with van der Waals surface area (Å²) in [5.41, 5.74) is 2.63. The maximum Gasteiger partial charge on any atom is 0.336 e. The summed E-state index contributed by atoms with van der Waals surface area (Å²) in [6.07, 6.45) is 0. The summed E-state index contributed by atoms with van der Waals surface area (Å²) < 4.78 is 9.83. The third-order valence-corrected chi connectivity index (χ3v) is 4.92. The molecule has 0 saturated heterocycles. The molecule has 1 aliphatic rings. The summed E-state index contributed by atoms with van der Waals surface area (Å²) in [6.45, 7) is 7.66. The van der Waals surface area contributed by atoms with Crippen molar-refractivity contribution in [2.75, 3.05) is 14.2 Å². The average molecular weight is 321 g/mol. The van der Waals surface area contributed by atoms with E-state index in [-0.39, 0.29) is 0 Å². The van der Waals surface area contributed by atoms with Gasteiger partial charge in [-0.25, -0.2) is 4.79 Å². The van der Waals surface area contributed by atoms with E-state index in [9.17, 15) is 9.59 Å². The third kappa shape index (κ3) is 2.66. The molecule has 2 atom stereocenters. The minimum Gasteiger partial charge on any atom is -0.468 e. The molecule has 1 aliphatic heterocycles. The van der Waals surface area contributed by atoms with Crippen molar-refractivity contribution >= 4 is 23.3 Å². The van der Waals surface area contributed by atoms with Gasteiger partial charge >= 0.3 is 11.9 Å². The second-order valence-electron chi connectivity index (χ2n) is 5.13. The van der Waals surface area contributed by atoms with Gasteiger partial charge in [0, 0.05) is 22.2 Å². The zero-order chi connectivity index (χ0) is 16.4. The fraction of sp³-hybridized carbons (Fsp3) is 0.375. The minimum absolute atomic E-state index is 0.427. The summed E-state index contributed by atoms with van der Waals surface area (Å²) >= 11 is 1.50. The zero-order valence-corrected chi connectivity index (χ0v) is 13.9. The molecule has 0 bridgehead atoms. The number of aryl methyl sites for hydroxylation is 1. The van der Waals surface area contributed by atoms with Crippen molar-refractivity contribution in [3.63, 3.8) is 0 Å². The smallest absolute Gasteiger partial charge is 0.336 e. The molecule has 2 heterocycles. The highest BCUT2D eigenvalue weighted by Crippen LogP contribution is 2.44. The van der Waals surface area contributed by atoms with Gasteiger partial charge in [-0.15, -0.1) is 11.3 Å². The average Bonchev–Trinajstić information content (AvgIpc) is 2.91. The fourth-order valence-electron chi connectivity index (χ4n) is 2.77. The van der Waals surface area contributed by atoms with E-state index in [1.807, 2.05) is 18.4 Å². The highest BCUT2D eigenvalue weighted by atomic mass is 32.1. The van der Waals surface area contributed by atoms with Gasteiger partial charge < -0.3 is 14.8 Å². The van der Waals surface area contributed by atoms with Crippen molar-refractivity contribution < 1.29 is 19.1 Å². The van der Waals surface area contributed by atoms with Crippen molar-refractivity contribution in [3.05, 3.63) is 45.4 Å². The largest absolute Gasteiger partial charge is 0.468 e. The second-order valence-corrected chi connectivity index (χ2v) is 6.07. The summed E-state index contributed by atoms with van der Waals surface area (Å²) in [5, 5.41) is 4.95. The highest BCUT2D eigenvalue weighted by Gasteiger charge is 2.43. The van der Waals surface area contributed by atoms with Crippen LogP contribution in [0.4, 0.5) is 0 Å². The van der Waals surface area contributed by atoms with Crippen LogP contribution in [-0.4, -0.2) is 26.2 Å². The third-order valence-electron chi connectivity index (χ3n) is 3.82. The Morgan fingerprint density at radius 3 is 2.45 bits per heavy atom. The first kappa shape index (κ1) is 16.3. The summed E-state index contributed by atoms with van der Waals surface area (Å²) in [5.74, 6) is -2.00. The number of ether oxygens (including phenoxy) is 2. The highest BCUT2D eigenvalue weighted by molar-refractivity contribution is 7.10. The molecule has 0 saturated carbocycles. The van der Waals surface area contributed by atoms with E-state index >= 15 is 0 Å². The summed E-state index contributed by atoms with van der Waals surface area (Å²) in [7, 11) is 2.66. The predicted molar refractivity (Wildman–Crippen MR) is 84.3 cm³/mol. The first-order valence-corrected chi connectivity index (χ1v) is 7.67. The number of hydrogen-bond donors (Lipinski definition) is 1. The van der Waals surface area contributed by atoms with Crippen LogP contribution in [0.15, 0.2) is 35.0 Å². The summed E-state index contributed by atoms with van der Waals surface area (Å²) in [6, 6.07) is 1.96. The van der Waals surface area contributed by atoms with Gasteiger partial charge in [0.1, 0.15) is 5.92 Å². The van der Waals surface area contributed by atoms with Crippen molar-refractivity contribution in [2.24, 2.45) is 5.92 Å². The van der Waals surface area contributed by atoms with Gasteiger partial charge in [0.05, 0.1) is 19.8 Å². The van der Waals surface area contributed by atoms with Crippen LogP contribution in [0.1, 0.15) is 23.3 Å². The number of thiophene rings is 1. The number of hydrogen-bond acceptors (Lipinski definition) is 6. The Hall–Kier alpha value is -2.08. The number of methoxy groups -OCH3 is 2. The van der Waals surface area contributed by atoms with Gasteiger partial charge in [-0.05, 0) is 30.9 Å². The molecule has 2 unspecified atom stereocenters. The number of allylic oxidation sites excluding steroid dienone is 1. The Balaban J connectivity index is 2.66. The standard InChI is InChI=1S/C16H19NO4S/c1-8-6-7-22-14(8)13-11(15(18)20-4)9(2)17-10(3)12(13)16(19)21-5/h6-7,11,13,17H,2H2,1,3-5H3. The molecule has 1 aromatic heterocycles. The Bertz CT molecular complexity index is 659. The van der Waals surface area contributed by atoms with E-state index in [1.165, 1.54) is 25.6 Å². The molecule has 1 N–H and O–H groups in total. The lowest BCUT2D eigenvalue weighted by Gasteiger charge is -2.34. The number of nitrogens with one attached hydrogen (secondary N) is 1. The predicted octanol–water partition coefficient (Wildman–Crippen LogP) is 2.49. The molecule has 5 nitrogen and oxygen atoms in total. The van der Waals surface area contributed by atoms with Gasteiger partial charge in [0.2, 0.25) is 0 Å². The van der Waals surface area contributed by atoms with E-state index in [1.54, 1.807) is 6.92 Å². The molecule has 6 heteroatoms. The maximum absolute atomic E-state index is 12.3. The maximum atomic E-state index is 12.3. The topological polar surface area (TPSA) is 64.6 Å². The van der Waals surface area contributed by atoms with Gasteiger partial charge in [-0.1, -0.05) is 6.58 Å². The van der Waals surface area contributed by atoms with Crippen LogP contribution in [0.5, 0.6) is 0 Å². The quantitative estimate of drug-likeness (QED) is 0.867. The van der Waals surface area contributed by atoms with Gasteiger partial charge in [0.25, 0.3) is 0 Å². The van der Waals surface area contributed by atoms with Crippen molar-refractivity contribution in [1.29, 1.82) is 0 Å².